The monoisotopic (exact) mass is 384 g/mol. The Morgan fingerprint density at radius 2 is 1.96 bits per heavy atom. The van der Waals surface area contributed by atoms with Crippen LogP contribution in [0.3, 0.4) is 0 Å². The molecule has 148 valence electrons. The number of ether oxygens (including phenoxy) is 2. The Bertz CT molecular complexity index is 566. The summed E-state index contributed by atoms with van der Waals surface area (Å²) in [6.45, 7) is 9.51. The summed E-state index contributed by atoms with van der Waals surface area (Å²) in [5.74, 6) is -0.574. The summed E-state index contributed by atoms with van der Waals surface area (Å²) in [5, 5.41) is 10.3. The van der Waals surface area contributed by atoms with Crippen molar-refractivity contribution in [3.8, 4) is 5.75 Å². The highest BCUT2D eigenvalue weighted by Gasteiger charge is 2.23. The highest BCUT2D eigenvalue weighted by atomic mass is 35.5. The molecule has 1 N–H and O–H groups in total. The maximum Gasteiger partial charge on any atom is 0.310 e. The zero-order valence-corrected chi connectivity index (χ0v) is 17.4. The molecule has 2 rings (SSSR count). The third-order valence-electron chi connectivity index (χ3n) is 3.90. The van der Waals surface area contributed by atoms with Gasteiger partial charge in [-0.25, -0.2) is 0 Å². The predicted molar refractivity (Wildman–Crippen MR) is 106 cm³/mol. The van der Waals surface area contributed by atoms with Gasteiger partial charge in [-0.1, -0.05) is 45.2 Å². The molecule has 1 aliphatic carbocycles. The number of rotatable bonds is 5. The van der Waals surface area contributed by atoms with Gasteiger partial charge in [0.1, 0.15) is 11.9 Å². The van der Waals surface area contributed by atoms with Crippen LogP contribution in [0.4, 0.5) is 0 Å². The van der Waals surface area contributed by atoms with Gasteiger partial charge in [-0.3, -0.25) is 4.79 Å². The number of hydrogen-bond donors (Lipinski definition) is 1. The Hall–Kier alpha value is -1.26. The summed E-state index contributed by atoms with van der Waals surface area (Å²) in [7, 11) is 0. The summed E-state index contributed by atoms with van der Waals surface area (Å²) < 4.78 is 11.1. The first-order valence-corrected chi connectivity index (χ1v) is 9.91. The fourth-order valence-electron chi connectivity index (χ4n) is 2.92. The number of benzene rings is 1. The molecule has 26 heavy (non-hydrogen) atoms. The maximum atomic E-state index is 12.2. The zero-order chi connectivity index (χ0) is 19.7. The number of hydrogen-bond acceptors (Lipinski definition) is 4. The number of esters is 1. The highest BCUT2D eigenvalue weighted by Crippen LogP contribution is 2.28. The second-order valence-corrected chi connectivity index (χ2v) is 8.00. The molecule has 0 heterocycles. The van der Waals surface area contributed by atoms with Gasteiger partial charge < -0.3 is 14.6 Å². The van der Waals surface area contributed by atoms with Crippen molar-refractivity contribution in [2.45, 2.75) is 85.0 Å². The molecular formula is C21H33ClO4. The molecule has 0 radical (unpaired) electrons. The number of carbonyl (C=O) groups is 1. The Balaban J connectivity index is 0.00000105. The topological polar surface area (TPSA) is 55.8 Å². The van der Waals surface area contributed by atoms with Crippen molar-refractivity contribution in [3.05, 3.63) is 28.8 Å². The third kappa shape index (κ3) is 8.91. The third-order valence-corrected chi connectivity index (χ3v) is 4.14. The minimum absolute atomic E-state index is 0.00378. The molecule has 0 aliphatic heterocycles. The van der Waals surface area contributed by atoms with E-state index in [9.17, 15) is 9.90 Å². The molecule has 1 aliphatic rings. The molecule has 5 heteroatoms. The van der Waals surface area contributed by atoms with E-state index in [-0.39, 0.29) is 18.5 Å². The van der Waals surface area contributed by atoms with Crippen molar-refractivity contribution in [3.63, 3.8) is 0 Å². The zero-order valence-electron chi connectivity index (χ0n) is 16.7. The summed E-state index contributed by atoms with van der Waals surface area (Å²) in [6.07, 6.45) is 5.49. The van der Waals surface area contributed by atoms with Crippen molar-refractivity contribution in [1.29, 1.82) is 0 Å². The van der Waals surface area contributed by atoms with Crippen LogP contribution in [0, 0.1) is 5.92 Å². The van der Waals surface area contributed by atoms with Crippen LogP contribution in [-0.2, 0) is 16.0 Å². The standard InChI is InChI=1S/C18H25ClO4.C3H8/c1-12-5-4-6-15(9-12)22-17(20)11-13-10-14(19)7-8-16(13)23-18(2,3)21;1-3-2/h7-8,10,12,15,21H,4-6,9,11H2,1-3H3;3H2,1-2H3. The molecule has 1 aromatic carbocycles. The molecule has 2 unspecified atom stereocenters. The average Bonchev–Trinajstić information content (AvgIpc) is 2.49. The van der Waals surface area contributed by atoms with Crippen LogP contribution in [-0.4, -0.2) is 23.0 Å². The van der Waals surface area contributed by atoms with E-state index in [1.54, 1.807) is 18.2 Å². The van der Waals surface area contributed by atoms with Crippen LogP contribution in [0.15, 0.2) is 18.2 Å². The lowest BCUT2D eigenvalue weighted by molar-refractivity contribution is -0.150. The first-order valence-electron chi connectivity index (χ1n) is 9.53. The van der Waals surface area contributed by atoms with E-state index in [4.69, 9.17) is 21.1 Å². The Kier molecular flexibility index (Phi) is 9.45. The molecular weight excluding hydrogens is 352 g/mol. The van der Waals surface area contributed by atoms with E-state index >= 15 is 0 Å². The van der Waals surface area contributed by atoms with Crippen LogP contribution in [0.1, 0.15) is 72.3 Å². The lowest BCUT2D eigenvalue weighted by Gasteiger charge is -2.27. The highest BCUT2D eigenvalue weighted by molar-refractivity contribution is 6.30. The molecule has 1 fully saturated rings. The van der Waals surface area contributed by atoms with Gasteiger partial charge in [-0.2, -0.15) is 0 Å². The van der Waals surface area contributed by atoms with Gasteiger partial charge in [-0.05, 0) is 43.4 Å². The minimum Gasteiger partial charge on any atom is -0.463 e. The second-order valence-electron chi connectivity index (χ2n) is 7.57. The summed E-state index contributed by atoms with van der Waals surface area (Å²) in [6, 6.07) is 5.00. The average molecular weight is 385 g/mol. The fourth-order valence-corrected chi connectivity index (χ4v) is 3.12. The molecule has 4 nitrogen and oxygen atoms in total. The summed E-state index contributed by atoms with van der Waals surface area (Å²) in [4.78, 5) is 12.2. The van der Waals surface area contributed by atoms with Crippen LogP contribution in [0.25, 0.3) is 0 Å². The number of halogens is 1. The lowest BCUT2D eigenvalue weighted by atomic mass is 9.89. The number of carbonyl (C=O) groups excluding carboxylic acids is 1. The minimum atomic E-state index is -1.33. The van der Waals surface area contributed by atoms with Crippen LogP contribution in [0.2, 0.25) is 5.02 Å². The van der Waals surface area contributed by atoms with Crippen molar-refractivity contribution >= 4 is 17.6 Å². The van der Waals surface area contributed by atoms with Crippen molar-refractivity contribution < 1.29 is 19.4 Å². The van der Waals surface area contributed by atoms with Gasteiger partial charge in [-0.15, -0.1) is 0 Å². The normalized spacial score (nSPS) is 20.0. The van der Waals surface area contributed by atoms with E-state index in [1.807, 2.05) is 0 Å². The van der Waals surface area contributed by atoms with Crippen LogP contribution >= 0.6 is 11.6 Å². The molecule has 1 saturated carbocycles. The van der Waals surface area contributed by atoms with Crippen molar-refractivity contribution in [2.24, 2.45) is 5.92 Å². The molecule has 0 saturated heterocycles. The van der Waals surface area contributed by atoms with Crippen LogP contribution in [0.5, 0.6) is 5.75 Å². The molecule has 0 bridgehead atoms. The van der Waals surface area contributed by atoms with Crippen molar-refractivity contribution in [2.75, 3.05) is 0 Å². The van der Waals surface area contributed by atoms with Gasteiger partial charge in [0.2, 0.25) is 5.79 Å². The van der Waals surface area contributed by atoms with Crippen LogP contribution < -0.4 is 4.74 Å². The first kappa shape index (κ1) is 22.8. The van der Waals surface area contributed by atoms with Gasteiger partial charge in [0, 0.05) is 24.4 Å². The number of aliphatic hydroxyl groups is 1. The molecule has 2 atom stereocenters. The molecule has 0 amide bonds. The van der Waals surface area contributed by atoms with E-state index in [2.05, 4.69) is 20.8 Å². The Morgan fingerprint density at radius 3 is 2.54 bits per heavy atom. The van der Waals surface area contributed by atoms with Gasteiger partial charge in [0.15, 0.2) is 0 Å². The quantitative estimate of drug-likeness (QED) is 0.535. The Labute approximate surface area is 162 Å². The van der Waals surface area contributed by atoms with E-state index in [0.29, 0.717) is 22.3 Å². The Morgan fingerprint density at radius 1 is 1.31 bits per heavy atom. The smallest absolute Gasteiger partial charge is 0.310 e. The molecule has 0 spiro atoms. The summed E-state index contributed by atoms with van der Waals surface area (Å²) in [5.41, 5.74) is 0.619. The van der Waals surface area contributed by atoms with E-state index in [0.717, 1.165) is 19.3 Å². The van der Waals surface area contributed by atoms with E-state index < -0.39 is 5.79 Å². The van der Waals surface area contributed by atoms with Gasteiger partial charge in [0.25, 0.3) is 0 Å². The van der Waals surface area contributed by atoms with Crippen molar-refractivity contribution in [1.82, 2.24) is 0 Å². The second kappa shape index (κ2) is 10.8. The molecule has 1 aromatic rings. The largest absolute Gasteiger partial charge is 0.463 e. The molecule has 0 aromatic heterocycles. The predicted octanol–water partition coefficient (Wildman–Crippen LogP) is 5.53. The SMILES string of the molecule is CC1CCCC(OC(=O)Cc2cc(Cl)ccc2OC(C)(C)O)C1.CCC. The first-order chi connectivity index (χ1) is 12.1. The fraction of sp³-hybridized carbons (Fsp3) is 0.667. The van der Waals surface area contributed by atoms with Gasteiger partial charge in [0.05, 0.1) is 6.42 Å². The van der Waals surface area contributed by atoms with Gasteiger partial charge >= 0.3 is 5.97 Å². The summed E-state index contributed by atoms with van der Waals surface area (Å²) >= 11 is 6.01. The van der Waals surface area contributed by atoms with E-state index in [1.165, 1.54) is 26.7 Å². The lowest BCUT2D eigenvalue weighted by Crippen LogP contribution is -2.28. The maximum absolute atomic E-state index is 12.2.